The predicted molar refractivity (Wildman–Crippen MR) is 47.3 cm³/mol. The molecule has 0 bridgehead atoms. The first-order valence-electron chi connectivity index (χ1n) is 4.00. The van der Waals surface area contributed by atoms with Gasteiger partial charge >= 0.3 is 0 Å². The molecule has 0 aliphatic carbocycles. The topological polar surface area (TPSA) is 29.1 Å². The number of carbonyl (C=O) groups excluding carboxylic acids is 1. The average molecular weight is 155 g/mol. The molecule has 11 heavy (non-hydrogen) atoms. The SMILES string of the molecule is C=C(C)CC(C)NC(=O)CC. The number of rotatable bonds is 4. The Morgan fingerprint density at radius 1 is 1.64 bits per heavy atom. The van der Waals surface area contributed by atoms with E-state index in [1.807, 2.05) is 20.8 Å². The second-order valence-corrected chi connectivity index (χ2v) is 2.98. The lowest BCUT2D eigenvalue weighted by Gasteiger charge is -2.12. The van der Waals surface area contributed by atoms with E-state index in [9.17, 15) is 4.79 Å². The van der Waals surface area contributed by atoms with Crippen LogP contribution in [0.2, 0.25) is 0 Å². The van der Waals surface area contributed by atoms with Crippen LogP contribution >= 0.6 is 0 Å². The number of nitrogens with one attached hydrogen (secondary N) is 1. The van der Waals surface area contributed by atoms with Gasteiger partial charge in [-0.1, -0.05) is 12.5 Å². The van der Waals surface area contributed by atoms with Crippen molar-refractivity contribution in [3.63, 3.8) is 0 Å². The molecule has 0 saturated carbocycles. The van der Waals surface area contributed by atoms with Gasteiger partial charge in [-0.25, -0.2) is 0 Å². The van der Waals surface area contributed by atoms with Gasteiger partial charge in [-0.3, -0.25) is 4.79 Å². The lowest BCUT2D eigenvalue weighted by Crippen LogP contribution is -2.31. The van der Waals surface area contributed by atoms with Crippen molar-refractivity contribution in [2.24, 2.45) is 0 Å². The van der Waals surface area contributed by atoms with E-state index in [1.165, 1.54) is 0 Å². The van der Waals surface area contributed by atoms with E-state index < -0.39 is 0 Å². The first-order valence-corrected chi connectivity index (χ1v) is 4.00. The molecule has 0 aliphatic heterocycles. The van der Waals surface area contributed by atoms with Crippen molar-refractivity contribution in [3.05, 3.63) is 12.2 Å². The van der Waals surface area contributed by atoms with E-state index in [1.54, 1.807) is 0 Å². The fourth-order valence-corrected chi connectivity index (χ4v) is 0.951. The van der Waals surface area contributed by atoms with Crippen LogP contribution in [0.15, 0.2) is 12.2 Å². The van der Waals surface area contributed by atoms with Gasteiger partial charge in [-0.15, -0.1) is 6.58 Å². The first-order chi connectivity index (χ1) is 5.06. The Bertz CT molecular complexity index is 152. The summed E-state index contributed by atoms with van der Waals surface area (Å²) in [6.45, 7) is 9.58. The van der Waals surface area contributed by atoms with Crippen molar-refractivity contribution in [2.45, 2.75) is 39.7 Å². The zero-order valence-corrected chi connectivity index (χ0v) is 7.61. The number of hydrogen-bond donors (Lipinski definition) is 1. The van der Waals surface area contributed by atoms with Gasteiger partial charge in [0.05, 0.1) is 0 Å². The molecule has 0 rings (SSSR count). The van der Waals surface area contributed by atoms with Crippen LogP contribution in [0.5, 0.6) is 0 Å². The van der Waals surface area contributed by atoms with Crippen LogP contribution in [0.4, 0.5) is 0 Å². The van der Waals surface area contributed by atoms with E-state index in [0.717, 1.165) is 12.0 Å². The summed E-state index contributed by atoms with van der Waals surface area (Å²) in [5.41, 5.74) is 1.11. The van der Waals surface area contributed by atoms with E-state index in [4.69, 9.17) is 0 Å². The molecule has 0 saturated heterocycles. The van der Waals surface area contributed by atoms with E-state index in [2.05, 4.69) is 11.9 Å². The normalized spacial score (nSPS) is 12.3. The van der Waals surface area contributed by atoms with Crippen molar-refractivity contribution in [1.29, 1.82) is 0 Å². The Morgan fingerprint density at radius 3 is 2.55 bits per heavy atom. The Morgan fingerprint density at radius 2 is 2.18 bits per heavy atom. The summed E-state index contributed by atoms with van der Waals surface area (Å²) in [5.74, 6) is 0.110. The van der Waals surface area contributed by atoms with Crippen LogP contribution in [0.25, 0.3) is 0 Å². The van der Waals surface area contributed by atoms with Crippen LogP contribution in [0.3, 0.4) is 0 Å². The molecule has 1 atom stereocenters. The standard InChI is InChI=1S/C9H17NO/c1-5-9(11)10-8(4)6-7(2)3/h8H,2,5-6H2,1,3-4H3,(H,10,11). The molecule has 0 aromatic rings. The summed E-state index contributed by atoms with van der Waals surface area (Å²) in [7, 11) is 0. The fourth-order valence-electron chi connectivity index (χ4n) is 0.951. The molecule has 0 fully saturated rings. The molecule has 0 aromatic carbocycles. The Balaban J connectivity index is 3.60. The van der Waals surface area contributed by atoms with Gasteiger partial charge in [-0.05, 0) is 20.3 Å². The quantitative estimate of drug-likeness (QED) is 0.617. The van der Waals surface area contributed by atoms with Crippen LogP contribution in [0, 0.1) is 0 Å². The summed E-state index contributed by atoms with van der Waals surface area (Å²) in [4.78, 5) is 10.9. The Labute approximate surface area is 68.7 Å². The van der Waals surface area contributed by atoms with E-state index in [-0.39, 0.29) is 11.9 Å². The first kappa shape index (κ1) is 10.2. The van der Waals surface area contributed by atoms with Crippen LogP contribution in [-0.2, 0) is 4.79 Å². The average Bonchev–Trinajstić information content (AvgIpc) is 1.85. The lowest BCUT2D eigenvalue weighted by atomic mass is 10.1. The largest absolute Gasteiger partial charge is 0.353 e. The van der Waals surface area contributed by atoms with Gasteiger partial charge in [0.15, 0.2) is 0 Å². The minimum atomic E-state index is 0.110. The number of hydrogen-bond acceptors (Lipinski definition) is 1. The van der Waals surface area contributed by atoms with Gasteiger partial charge in [0, 0.05) is 12.5 Å². The van der Waals surface area contributed by atoms with Crippen molar-refractivity contribution in [1.82, 2.24) is 5.32 Å². The van der Waals surface area contributed by atoms with Crippen molar-refractivity contribution >= 4 is 5.91 Å². The molecular weight excluding hydrogens is 138 g/mol. The molecule has 1 amide bonds. The third-order valence-corrected chi connectivity index (χ3v) is 1.38. The second-order valence-electron chi connectivity index (χ2n) is 2.98. The highest BCUT2D eigenvalue weighted by Gasteiger charge is 2.03. The number of carbonyl (C=O) groups is 1. The molecule has 0 spiro atoms. The van der Waals surface area contributed by atoms with Gasteiger partial charge < -0.3 is 5.32 Å². The highest BCUT2D eigenvalue weighted by Crippen LogP contribution is 2.00. The molecule has 0 aliphatic rings. The molecule has 1 N–H and O–H groups in total. The van der Waals surface area contributed by atoms with Crippen LogP contribution in [-0.4, -0.2) is 11.9 Å². The molecular formula is C9H17NO. The third kappa shape index (κ3) is 5.64. The maximum Gasteiger partial charge on any atom is 0.219 e. The molecule has 2 nitrogen and oxygen atoms in total. The molecule has 1 unspecified atom stereocenters. The van der Waals surface area contributed by atoms with Crippen molar-refractivity contribution in [3.8, 4) is 0 Å². The summed E-state index contributed by atoms with van der Waals surface area (Å²) >= 11 is 0. The zero-order chi connectivity index (χ0) is 8.85. The highest BCUT2D eigenvalue weighted by atomic mass is 16.1. The maximum absolute atomic E-state index is 10.9. The van der Waals surface area contributed by atoms with Gasteiger partial charge in [0.1, 0.15) is 0 Å². The van der Waals surface area contributed by atoms with E-state index in [0.29, 0.717) is 6.42 Å². The molecule has 2 heteroatoms. The second kappa shape index (κ2) is 4.94. The van der Waals surface area contributed by atoms with Gasteiger partial charge in [0.2, 0.25) is 5.91 Å². The maximum atomic E-state index is 10.9. The number of amides is 1. The van der Waals surface area contributed by atoms with Gasteiger partial charge in [-0.2, -0.15) is 0 Å². The van der Waals surface area contributed by atoms with Crippen LogP contribution < -0.4 is 5.32 Å². The lowest BCUT2D eigenvalue weighted by molar-refractivity contribution is -0.121. The Hall–Kier alpha value is -0.790. The van der Waals surface area contributed by atoms with Gasteiger partial charge in [0.25, 0.3) is 0 Å². The monoisotopic (exact) mass is 155 g/mol. The summed E-state index contributed by atoms with van der Waals surface area (Å²) in [6, 6.07) is 0.222. The minimum absolute atomic E-state index is 0.110. The minimum Gasteiger partial charge on any atom is -0.353 e. The third-order valence-electron chi connectivity index (χ3n) is 1.38. The molecule has 0 radical (unpaired) electrons. The molecule has 0 heterocycles. The summed E-state index contributed by atoms with van der Waals surface area (Å²) in [5, 5.41) is 2.86. The van der Waals surface area contributed by atoms with Crippen molar-refractivity contribution < 1.29 is 4.79 Å². The predicted octanol–water partition coefficient (Wildman–Crippen LogP) is 1.87. The van der Waals surface area contributed by atoms with E-state index >= 15 is 0 Å². The Kier molecular flexibility index (Phi) is 4.59. The van der Waals surface area contributed by atoms with Crippen molar-refractivity contribution in [2.75, 3.05) is 0 Å². The fraction of sp³-hybridized carbons (Fsp3) is 0.667. The molecule has 64 valence electrons. The smallest absolute Gasteiger partial charge is 0.219 e. The highest BCUT2D eigenvalue weighted by molar-refractivity contribution is 5.75. The summed E-state index contributed by atoms with van der Waals surface area (Å²) < 4.78 is 0. The van der Waals surface area contributed by atoms with Crippen LogP contribution in [0.1, 0.15) is 33.6 Å². The zero-order valence-electron chi connectivity index (χ0n) is 7.61. The molecule has 0 aromatic heterocycles. The summed E-state index contributed by atoms with van der Waals surface area (Å²) in [6.07, 6.45) is 1.42.